The molecule has 0 amide bonds. The maximum Gasteiger partial charge on any atom is 0.420 e. The van der Waals surface area contributed by atoms with Crippen molar-refractivity contribution >= 4 is 6.29 Å². The fraction of sp³-hybridized carbons (Fsp3) is 0.286. The van der Waals surface area contributed by atoms with Crippen molar-refractivity contribution in [3.63, 3.8) is 0 Å². The van der Waals surface area contributed by atoms with Crippen LogP contribution in [0.5, 0.6) is 0 Å². The van der Waals surface area contributed by atoms with Crippen molar-refractivity contribution in [2.45, 2.75) is 25.6 Å². The monoisotopic (exact) mass is 300 g/mol. The topological polar surface area (TPSA) is 34.9 Å². The number of aromatic nitrogens is 2. The van der Waals surface area contributed by atoms with Crippen molar-refractivity contribution < 1.29 is 22.4 Å². The lowest BCUT2D eigenvalue weighted by Gasteiger charge is -2.17. The molecule has 2 aromatic rings. The molecule has 0 N–H and O–H groups in total. The fourth-order valence-corrected chi connectivity index (χ4v) is 1.78. The van der Waals surface area contributed by atoms with E-state index < -0.39 is 28.8 Å². The summed E-state index contributed by atoms with van der Waals surface area (Å²) in [5, 5.41) is 3.78. The molecule has 1 aromatic carbocycles. The van der Waals surface area contributed by atoms with Crippen molar-refractivity contribution in [1.29, 1.82) is 0 Å². The Morgan fingerprint density at radius 2 is 1.81 bits per heavy atom. The largest absolute Gasteiger partial charge is 0.420 e. The number of benzene rings is 1. The minimum atomic E-state index is -4.70. The van der Waals surface area contributed by atoms with E-state index in [1.54, 1.807) is 0 Å². The third-order valence-corrected chi connectivity index (χ3v) is 3.03. The van der Waals surface area contributed by atoms with Gasteiger partial charge in [-0.3, -0.25) is 4.68 Å². The second kappa shape index (κ2) is 4.98. The van der Waals surface area contributed by atoms with Gasteiger partial charge in [0.1, 0.15) is 28.9 Å². The Morgan fingerprint density at radius 3 is 2.33 bits per heavy atom. The second-order valence-electron chi connectivity index (χ2n) is 5.09. The number of carbonyl (C=O) groups is 1. The zero-order chi connectivity index (χ0) is 15.8. The van der Waals surface area contributed by atoms with Crippen LogP contribution >= 0.6 is 0 Å². The molecule has 0 aliphatic heterocycles. The normalized spacial score (nSPS) is 12.5. The second-order valence-corrected chi connectivity index (χ2v) is 5.09. The van der Waals surface area contributed by atoms with Crippen LogP contribution in [-0.2, 0) is 16.5 Å². The number of aldehydes is 1. The molecule has 0 atom stereocenters. The van der Waals surface area contributed by atoms with E-state index >= 15 is 0 Å². The zero-order valence-corrected chi connectivity index (χ0v) is 11.3. The van der Waals surface area contributed by atoms with E-state index in [2.05, 4.69) is 5.10 Å². The molecule has 1 heterocycles. The molecule has 3 nitrogen and oxygen atoms in total. The van der Waals surface area contributed by atoms with E-state index in [4.69, 9.17) is 0 Å². The first-order valence-corrected chi connectivity index (χ1v) is 6.05. The third kappa shape index (κ3) is 2.81. The van der Waals surface area contributed by atoms with Crippen LogP contribution < -0.4 is 0 Å². The first-order chi connectivity index (χ1) is 9.66. The van der Waals surface area contributed by atoms with Gasteiger partial charge >= 0.3 is 6.18 Å². The number of nitrogens with zero attached hydrogens (tertiary/aromatic N) is 2. The number of alkyl halides is 3. The minimum absolute atomic E-state index is 0.259. The van der Waals surface area contributed by atoms with Crippen LogP contribution in [0.15, 0.2) is 30.5 Å². The van der Waals surface area contributed by atoms with Crippen LogP contribution in [0.2, 0.25) is 0 Å². The van der Waals surface area contributed by atoms with Crippen LogP contribution in [0.3, 0.4) is 0 Å². The minimum Gasteiger partial charge on any atom is -0.301 e. The van der Waals surface area contributed by atoms with E-state index in [1.165, 1.54) is 32.0 Å². The molecular weight excluding hydrogens is 288 g/mol. The van der Waals surface area contributed by atoms with E-state index in [-0.39, 0.29) is 5.56 Å². The average molecular weight is 300 g/mol. The van der Waals surface area contributed by atoms with Crippen LogP contribution in [0.1, 0.15) is 19.4 Å². The summed E-state index contributed by atoms with van der Waals surface area (Å²) in [6, 6.07) is 5.06. The molecule has 2 rings (SSSR count). The van der Waals surface area contributed by atoms with Gasteiger partial charge in [0.05, 0.1) is 0 Å². The molecular formula is C14H12F4N2O. The highest BCUT2D eigenvalue weighted by Crippen LogP contribution is 2.38. The highest BCUT2D eigenvalue weighted by Gasteiger charge is 2.38. The Kier molecular flexibility index (Phi) is 3.61. The van der Waals surface area contributed by atoms with Gasteiger partial charge in [0, 0.05) is 11.8 Å². The van der Waals surface area contributed by atoms with Crippen molar-refractivity contribution in [1.82, 2.24) is 9.78 Å². The van der Waals surface area contributed by atoms with E-state index in [1.807, 2.05) is 0 Å². The maximum atomic E-state index is 13.7. The standard InChI is InChI=1S/C14H12F4N2O/c1-13(2,8-21)20-7-10(14(16,17)18)12(19-20)9-5-3-4-6-11(9)15/h3-8H,1-2H3. The summed E-state index contributed by atoms with van der Waals surface area (Å²) in [7, 11) is 0. The summed E-state index contributed by atoms with van der Waals surface area (Å²) in [4.78, 5) is 11.0. The van der Waals surface area contributed by atoms with Gasteiger partial charge in [0.2, 0.25) is 0 Å². The predicted octanol–water partition coefficient (Wildman–Crippen LogP) is 3.64. The molecule has 112 valence electrons. The third-order valence-electron chi connectivity index (χ3n) is 3.03. The van der Waals surface area contributed by atoms with Gasteiger partial charge < -0.3 is 4.79 Å². The van der Waals surface area contributed by atoms with E-state index in [0.717, 1.165) is 16.9 Å². The molecule has 0 radical (unpaired) electrons. The van der Waals surface area contributed by atoms with E-state index in [0.29, 0.717) is 6.29 Å². The molecule has 0 aliphatic carbocycles. The Balaban J connectivity index is 2.71. The summed E-state index contributed by atoms with van der Waals surface area (Å²) in [5.74, 6) is -0.808. The first-order valence-electron chi connectivity index (χ1n) is 6.05. The van der Waals surface area contributed by atoms with Crippen molar-refractivity contribution in [3.05, 3.63) is 41.8 Å². The zero-order valence-electron chi connectivity index (χ0n) is 11.3. The Labute approximate surface area is 118 Å². The molecule has 7 heteroatoms. The van der Waals surface area contributed by atoms with Gasteiger partial charge in [-0.15, -0.1) is 0 Å². The van der Waals surface area contributed by atoms with Crippen LogP contribution in [0.25, 0.3) is 11.3 Å². The summed E-state index contributed by atoms with van der Waals surface area (Å²) in [6.07, 6.45) is -3.50. The highest BCUT2D eigenvalue weighted by molar-refractivity contribution is 5.66. The van der Waals surface area contributed by atoms with Gasteiger partial charge in [-0.2, -0.15) is 18.3 Å². The van der Waals surface area contributed by atoms with E-state index in [9.17, 15) is 22.4 Å². The lowest BCUT2D eigenvalue weighted by Crippen LogP contribution is -2.28. The summed E-state index contributed by atoms with van der Waals surface area (Å²) in [5.41, 5.74) is -3.13. The number of halogens is 4. The van der Waals surface area contributed by atoms with Gasteiger partial charge in [-0.05, 0) is 26.0 Å². The lowest BCUT2D eigenvalue weighted by molar-refractivity contribution is -0.137. The van der Waals surface area contributed by atoms with Crippen LogP contribution in [-0.4, -0.2) is 16.1 Å². The van der Waals surface area contributed by atoms with Crippen molar-refractivity contribution in [3.8, 4) is 11.3 Å². The summed E-state index contributed by atoms with van der Waals surface area (Å²) in [6.45, 7) is 2.83. The maximum absolute atomic E-state index is 13.7. The van der Waals surface area contributed by atoms with Crippen molar-refractivity contribution in [2.75, 3.05) is 0 Å². The molecule has 0 aliphatic rings. The average Bonchev–Trinajstić information content (AvgIpc) is 2.85. The van der Waals surface area contributed by atoms with Crippen LogP contribution in [0, 0.1) is 5.82 Å². The van der Waals surface area contributed by atoms with Gasteiger partial charge in [0.25, 0.3) is 0 Å². The number of rotatable bonds is 3. The van der Waals surface area contributed by atoms with Gasteiger partial charge in [-0.1, -0.05) is 12.1 Å². The molecule has 0 bridgehead atoms. The first kappa shape index (κ1) is 15.2. The summed E-state index contributed by atoms with van der Waals surface area (Å²) < 4.78 is 54.0. The number of hydrogen-bond acceptors (Lipinski definition) is 2. The Bertz CT molecular complexity index is 674. The Morgan fingerprint density at radius 1 is 1.19 bits per heavy atom. The molecule has 21 heavy (non-hydrogen) atoms. The SMILES string of the molecule is CC(C)(C=O)n1cc(C(F)(F)F)c(-c2ccccc2F)n1. The Hall–Kier alpha value is -2.18. The van der Waals surface area contributed by atoms with Gasteiger partial charge in [0.15, 0.2) is 0 Å². The van der Waals surface area contributed by atoms with Gasteiger partial charge in [-0.25, -0.2) is 4.39 Å². The smallest absolute Gasteiger partial charge is 0.301 e. The number of carbonyl (C=O) groups excluding carboxylic acids is 1. The molecule has 0 saturated heterocycles. The van der Waals surface area contributed by atoms with Crippen LogP contribution in [0.4, 0.5) is 17.6 Å². The fourth-order valence-electron chi connectivity index (χ4n) is 1.78. The highest BCUT2D eigenvalue weighted by atomic mass is 19.4. The molecule has 0 spiro atoms. The summed E-state index contributed by atoms with van der Waals surface area (Å²) >= 11 is 0. The molecule has 0 saturated carbocycles. The quantitative estimate of drug-likeness (QED) is 0.640. The number of hydrogen-bond donors (Lipinski definition) is 0. The predicted molar refractivity (Wildman–Crippen MR) is 68.0 cm³/mol. The molecule has 0 fully saturated rings. The lowest BCUT2D eigenvalue weighted by atomic mass is 10.1. The van der Waals surface area contributed by atoms with Crippen molar-refractivity contribution in [2.24, 2.45) is 0 Å². The molecule has 0 unspecified atom stereocenters. The molecule has 1 aromatic heterocycles.